The fourth-order valence-electron chi connectivity index (χ4n) is 2.61. The second kappa shape index (κ2) is 7.92. The first-order valence-electron chi connectivity index (χ1n) is 7.22. The summed E-state index contributed by atoms with van der Waals surface area (Å²) in [5, 5.41) is 3.55. The summed E-state index contributed by atoms with van der Waals surface area (Å²) < 4.78 is 24.3. The lowest BCUT2D eigenvalue weighted by molar-refractivity contribution is -0.136. The highest BCUT2D eigenvalue weighted by atomic mass is 35.5. The zero-order valence-corrected chi connectivity index (χ0v) is 15.1. The molecule has 1 aromatic carbocycles. The Morgan fingerprint density at radius 1 is 1.46 bits per heavy atom. The van der Waals surface area contributed by atoms with E-state index in [2.05, 4.69) is 5.32 Å². The van der Waals surface area contributed by atoms with E-state index in [1.807, 2.05) is 0 Å². The molecule has 0 bridgehead atoms. The highest BCUT2D eigenvalue weighted by Crippen LogP contribution is 2.36. The normalized spacial score (nSPS) is 17.8. The molecule has 1 aliphatic rings. The van der Waals surface area contributed by atoms with Gasteiger partial charge in [0.1, 0.15) is 5.82 Å². The molecule has 8 heteroatoms. The molecule has 0 spiro atoms. The Bertz CT molecular complexity index is 676. The maximum Gasteiger partial charge on any atom is 0.337 e. The average molecular weight is 373 g/mol. The molecule has 0 amide bonds. The Morgan fingerprint density at radius 2 is 2.17 bits per heavy atom. The summed E-state index contributed by atoms with van der Waals surface area (Å²) in [6.45, 7) is 2.60. The summed E-state index contributed by atoms with van der Waals surface area (Å²) in [7, 11) is 2.84. The zero-order chi connectivity index (χ0) is 17.9. The molecular weight excluding hydrogens is 355 g/mol. The van der Waals surface area contributed by atoms with Crippen molar-refractivity contribution in [3.8, 4) is 0 Å². The number of halogens is 2. The number of ether oxygens (including phenoxy) is 2. The molecule has 24 heavy (non-hydrogen) atoms. The van der Waals surface area contributed by atoms with Crippen molar-refractivity contribution in [1.82, 2.24) is 10.2 Å². The van der Waals surface area contributed by atoms with E-state index in [0.29, 0.717) is 24.0 Å². The van der Waals surface area contributed by atoms with Crippen molar-refractivity contribution in [2.75, 3.05) is 27.4 Å². The first-order chi connectivity index (χ1) is 11.4. The average Bonchev–Trinajstić information content (AvgIpc) is 2.54. The number of methoxy groups -OCH3 is 2. The second-order valence-corrected chi connectivity index (χ2v) is 5.95. The quantitative estimate of drug-likeness (QED) is 0.633. The largest absolute Gasteiger partial charge is 0.466 e. The van der Waals surface area contributed by atoms with Crippen molar-refractivity contribution in [2.24, 2.45) is 0 Å². The number of hydrogen-bond acceptors (Lipinski definition) is 4. The van der Waals surface area contributed by atoms with E-state index < -0.39 is 17.8 Å². The maximum atomic E-state index is 14.4. The number of nitrogens with one attached hydrogen (secondary N) is 1. The molecule has 0 fully saturated rings. The molecule has 1 N–H and O–H groups in total. The minimum absolute atomic E-state index is 0.160. The van der Waals surface area contributed by atoms with Crippen LogP contribution in [-0.4, -0.2) is 43.4 Å². The van der Waals surface area contributed by atoms with Crippen molar-refractivity contribution in [2.45, 2.75) is 13.0 Å². The maximum absolute atomic E-state index is 14.4. The molecule has 0 saturated heterocycles. The molecule has 0 saturated carbocycles. The van der Waals surface area contributed by atoms with Crippen LogP contribution in [0.15, 0.2) is 29.5 Å². The topological polar surface area (TPSA) is 50.8 Å². The molecule has 1 aromatic rings. The third-order valence-corrected chi connectivity index (χ3v) is 4.48. The minimum Gasteiger partial charge on any atom is -0.466 e. The second-order valence-electron chi connectivity index (χ2n) is 5.15. The summed E-state index contributed by atoms with van der Waals surface area (Å²) in [5.41, 5.74) is 0.994. The van der Waals surface area contributed by atoms with E-state index in [1.165, 1.54) is 19.2 Å². The van der Waals surface area contributed by atoms with Gasteiger partial charge in [-0.25, -0.2) is 9.18 Å². The SMILES string of the molecule is COCCN1C(=S)N[C@H](c2c(F)cccc2Cl)C(C(=O)OC)=C1C. The summed E-state index contributed by atoms with van der Waals surface area (Å²) in [6.07, 6.45) is 0. The standard InChI is InChI=1S/C16H18ClFN2O3S/c1-9-12(15(21)23-3)14(13-10(17)5-4-6-11(13)18)19-16(24)20(9)7-8-22-2/h4-6,14H,7-8H2,1-3H3,(H,19,24)/t14-/m0/s1. The van der Waals surface area contributed by atoms with E-state index in [-0.39, 0.29) is 16.2 Å². The van der Waals surface area contributed by atoms with E-state index in [9.17, 15) is 9.18 Å². The zero-order valence-electron chi connectivity index (χ0n) is 13.6. The minimum atomic E-state index is -0.822. The van der Waals surface area contributed by atoms with Crippen LogP contribution in [0.5, 0.6) is 0 Å². The number of hydrogen-bond donors (Lipinski definition) is 1. The van der Waals surface area contributed by atoms with Gasteiger partial charge in [-0.05, 0) is 31.3 Å². The smallest absolute Gasteiger partial charge is 0.337 e. The van der Waals surface area contributed by atoms with Crippen LogP contribution in [0.4, 0.5) is 4.39 Å². The Hall–Kier alpha value is -1.70. The van der Waals surface area contributed by atoms with Crippen LogP contribution in [0, 0.1) is 5.82 Å². The van der Waals surface area contributed by atoms with Gasteiger partial charge in [0.25, 0.3) is 0 Å². The van der Waals surface area contributed by atoms with Crippen molar-refractivity contribution < 1.29 is 18.7 Å². The number of rotatable bonds is 5. The number of allylic oxidation sites excluding steroid dienone is 1. The third-order valence-electron chi connectivity index (χ3n) is 3.81. The fourth-order valence-corrected chi connectivity index (χ4v) is 3.23. The molecule has 5 nitrogen and oxygen atoms in total. The van der Waals surface area contributed by atoms with Crippen molar-refractivity contribution in [3.05, 3.63) is 45.9 Å². The van der Waals surface area contributed by atoms with E-state index in [4.69, 9.17) is 33.3 Å². The van der Waals surface area contributed by atoms with Gasteiger partial charge < -0.3 is 19.7 Å². The van der Waals surface area contributed by atoms with Gasteiger partial charge in [-0.1, -0.05) is 17.7 Å². The van der Waals surface area contributed by atoms with Gasteiger partial charge in [-0.3, -0.25) is 0 Å². The first kappa shape index (κ1) is 18.6. The van der Waals surface area contributed by atoms with E-state index in [0.717, 1.165) is 0 Å². The Kier molecular flexibility index (Phi) is 6.15. The fraction of sp³-hybridized carbons (Fsp3) is 0.375. The van der Waals surface area contributed by atoms with Crippen molar-refractivity contribution >= 4 is 34.9 Å². The molecule has 0 unspecified atom stereocenters. The van der Waals surface area contributed by atoms with Crippen LogP contribution in [-0.2, 0) is 14.3 Å². The summed E-state index contributed by atoms with van der Waals surface area (Å²) in [5.74, 6) is -1.10. The van der Waals surface area contributed by atoms with Crippen molar-refractivity contribution in [1.29, 1.82) is 0 Å². The van der Waals surface area contributed by atoms with Gasteiger partial charge in [-0.15, -0.1) is 0 Å². The third kappa shape index (κ3) is 3.53. The lowest BCUT2D eigenvalue weighted by atomic mass is 9.94. The molecule has 0 aromatic heterocycles. The highest BCUT2D eigenvalue weighted by Gasteiger charge is 2.36. The van der Waals surface area contributed by atoms with Gasteiger partial charge in [0.2, 0.25) is 0 Å². The molecule has 2 rings (SSSR count). The summed E-state index contributed by atoms with van der Waals surface area (Å²) in [6, 6.07) is 3.53. The lowest BCUT2D eigenvalue weighted by Gasteiger charge is -2.37. The molecule has 0 radical (unpaired) electrons. The summed E-state index contributed by atoms with van der Waals surface area (Å²) >= 11 is 11.5. The van der Waals surface area contributed by atoms with E-state index in [1.54, 1.807) is 25.0 Å². The first-order valence-corrected chi connectivity index (χ1v) is 8.01. The number of thiocarbonyl (C=S) groups is 1. The van der Waals surface area contributed by atoms with Crippen LogP contribution in [0.3, 0.4) is 0 Å². The van der Waals surface area contributed by atoms with Crippen LogP contribution in [0.25, 0.3) is 0 Å². The number of carbonyl (C=O) groups excluding carboxylic acids is 1. The molecule has 1 atom stereocenters. The van der Waals surface area contributed by atoms with Crippen molar-refractivity contribution in [3.63, 3.8) is 0 Å². The monoisotopic (exact) mass is 372 g/mol. The number of benzene rings is 1. The van der Waals surface area contributed by atoms with Gasteiger partial charge >= 0.3 is 5.97 Å². The van der Waals surface area contributed by atoms with Crippen LogP contribution in [0.1, 0.15) is 18.5 Å². The Labute approximate surface area is 150 Å². The van der Waals surface area contributed by atoms with E-state index >= 15 is 0 Å². The number of carbonyl (C=O) groups is 1. The summed E-state index contributed by atoms with van der Waals surface area (Å²) in [4.78, 5) is 14.0. The van der Waals surface area contributed by atoms with Gasteiger partial charge in [-0.2, -0.15) is 0 Å². The predicted octanol–water partition coefficient (Wildman–Crippen LogP) is 2.80. The van der Waals surface area contributed by atoms with Crippen LogP contribution in [0.2, 0.25) is 5.02 Å². The van der Waals surface area contributed by atoms with Crippen LogP contribution < -0.4 is 5.32 Å². The van der Waals surface area contributed by atoms with Gasteiger partial charge in [0.15, 0.2) is 5.11 Å². The molecule has 130 valence electrons. The van der Waals surface area contributed by atoms with Gasteiger partial charge in [0.05, 0.1) is 25.3 Å². The molecule has 1 heterocycles. The molecular formula is C16H18ClFN2O3S. The molecule has 1 aliphatic heterocycles. The predicted molar refractivity (Wildman–Crippen MR) is 93.2 cm³/mol. The van der Waals surface area contributed by atoms with Gasteiger partial charge in [0, 0.05) is 29.9 Å². The number of nitrogens with zero attached hydrogens (tertiary/aromatic N) is 1. The van der Waals surface area contributed by atoms with Crippen LogP contribution >= 0.6 is 23.8 Å². The molecule has 0 aliphatic carbocycles. The number of esters is 1. The lowest BCUT2D eigenvalue weighted by Crippen LogP contribution is -2.49. The highest BCUT2D eigenvalue weighted by molar-refractivity contribution is 7.80. The Balaban J connectivity index is 2.57. The Morgan fingerprint density at radius 3 is 2.75 bits per heavy atom.